The first-order chi connectivity index (χ1) is 56.5. The molecule has 650 valence electrons. The van der Waals surface area contributed by atoms with E-state index >= 15 is 0 Å². The quantitative estimate of drug-likeness (QED) is 0.0194. The van der Waals surface area contributed by atoms with Crippen molar-refractivity contribution in [3.8, 4) is 0 Å². The van der Waals surface area contributed by atoms with Gasteiger partial charge in [0.1, 0.15) is 0 Å². The number of nitrogens with zero attached hydrogens (tertiary/aromatic N) is 7. The topological polar surface area (TPSA) is 304 Å². The van der Waals surface area contributed by atoms with E-state index in [1.807, 2.05) is 57.5 Å². The van der Waals surface area contributed by atoms with Crippen LogP contribution >= 0.6 is 69.6 Å². The first-order valence-corrected chi connectivity index (χ1v) is 46.1. The molecule has 6 aromatic carbocycles. The Balaban J connectivity index is 0.635. The van der Waals surface area contributed by atoms with Crippen LogP contribution in [0.2, 0.25) is 30.1 Å². The fourth-order valence-electron chi connectivity index (χ4n) is 14.2. The number of carbonyl (C=O) groups excluding carboxylic acids is 3. The molecule has 3 aliphatic heterocycles. The second-order valence-corrected chi connectivity index (χ2v) is 37.4. The van der Waals surface area contributed by atoms with Gasteiger partial charge in [0.2, 0.25) is 30.1 Å². The summed E-state index contributed by atoms with van der Waals surface area (Å²) in [5.41, 5.74) is 8.36. The van der Waals surface area contributed by atoms with E-state index in [0.29, 0.717) is 148 Å². The summed E-state index contributed by atoms with van der Waals surface area (Å²) in [4.78, 5) is 53.0. The van der Waals surface area contributed by atoms with Crippen molar-refractivity contribution in [3.63, 3.8) is 0 Å². The molecule has 3 aliphatic rings. The number of ether oxygens (including phenoxy) is 6. The van der Waals surface area contributed by atoms with Crippen LogP contribution in [0.15, 0.2) is 124 Å². The van der Waals surface area contributed by atoms with Crippen molar-refractivity contribution in [1.29, 1.82) is 0 Å². The monoisotopic (exact) mass is 1810 g/mol. The lowest BCUT2D eigenvalue weighted by Gasteiger charge is -2.33. The smallest absolute Gasteiger partial charge is 0.317 e. The van der Waals surface area contributed by atoms with Crippen molar-refractivity contribution in [2.24, 2.45) is 0 Å². The van der Waals surface area contributed by atoms with E-state index in [1.165, 1.54) is 14.7 Å². The summed E-state index contributed by atoms with van der Waals surface area (Å²) in [6.45, 7) is 10.5. The molecule has 0 saturated carbocycles. The first kappa shape index (κ1) is 96.0. The molecule has 0 spiro atoms. The van der Waals surface area contributed by atoms with Gasteiger partial charge in [0.05, 0.1) is 94.0 Å². The predicted octanol–water partition coefficient (Wildman–Crippen LogP) is 10.1. The molecule has 9 rings (SSSR count). The fourth-order valence-corrected chi connectivity index (χ4v) is 19.1. The fraction of sp³-hybridized carbons (Fsp3) is 0.519. The number of hydrogen-bond donors (Lipinski definition) is 6. The number of halogens is 6. The number of carbonyl (C=O) groups is 3. The number of fused-ring (bicyclic) bond motifs is 3. The van der Waals surface area contributed by atoms with Gasteiger partial charge in [0.25, 0.3) is 0 Å². The van der Waals surface area contributed by atoms with Crippen LogP contribution in [0.3, 0.4) is 0 Å². The Hall–Kier alpha value is -5.80. The molecule has 118 heavy (non-hydrogen) atoms. The molecular formula is C81H111Cl6N13O15S3. The molecule has 0 fully saturated rings. The van der Waals surface area contributed by atoms with Gasteiger partial charge in [-0.1, -0.05) is 106 Å². The highest BCUT2D eigenvalue weighted by Crippen LogP contribution is 2.42. The molecular weight excluding hydrogens is 1700 g/mol. The van der Waals surface area contributed by atoms with E-state index in [-0.39, 0.29) is 149 Å². The average Bonchev–Trinajstić information content (AvgIpc) is 0.781. The highest BCUT2D eigenvalue weighted by Gasteiger charge is 2.32. The summed E-state index contributed by atoms with van der Waals surface area (Å²) in [7, 11) is -0.560. The summed E-state index contributed by atoms with van der Waals surface area (Å²) in [5, 5.41) is 12.2. The maximum Gasteiger partial charge on any atom is 0.317 e. The van der Waals surface area contributed by atoms with Crippen LogP contribution in [0.25, 0.3) is 0 Å². The second-order valence-electron chi connectivity index (χ2n) is 29.6. The molecule has 6 aromatic rings. The minimum absolute atomic E-state index is 0.0473. The molecule has 3 atom stereocenters. The van der Waals surface area contributed by atoms with Gasteiger partial charge in [0, 0.05) is 167 Å². The predicted molar refractivity (Wildman–Crippen MR) is 462 cm³/mol. The zero-order valence-corrected chi connectivity index (χ0v) is 74.7. The standard InChI is InChI=1S/C81H111Cl6N13O15S3/c1-94-52-70(67-46-61(82)49-76(85)73(67)55-94)58-13-7-16-64(43-58)116(104,105)91-22-31-110-37-40-113-34-28-97(4)79(101)88-19-10-25-100(26-11-20-89-80(102)98(5)29-35-114-41-38-111-32-23-92-117(106,107)65-17-8-14-59(44-65)71-53-95(2)56-74-68(71)47-62(83)50-77(74)86)27-12-21-90-81(103)99(6)30-36-115-42-39-112-33-24-93-118(108,109)66-18-9-15-60(45-66)72-54-96(3)57-75-69(72)48-63(84)51-78(75)87/h7-9,13-18,43-51,70-72,91-93H,10-12,19-42,52-57H2,1-6H3,(H,88,101)(H,89,102)(H,90,103)/t70-,71-,72-/m0/s1. The number of hydrogen-bond acceptors (Lipinski definition) is 19. The third-order valence-electron chi connectivity index (χ3n) is 20.5. The molecule has 0 bridgehead atoms. The largest absolute Gasteiger partial charge is 0.378 e. The Morgan fingerprint density at radius 2 is 0.627 bits per heavy atom. The maximum absolute atomic E-state index is 13.4. The summed E-state index contributed by atoms with van der Waals surface area (Å²) < 4.78 is 122. The van der Waals surface area contributed by atoms with Crippen LogP contribution in [0.4, 0.5) is 14.4 Å². The van der Waals surface area contributed by atoms with Crippen molar-refractivity contribution in [3.05, 3.63) is 189 Å². The van der Waals surface area contributed by atoms with Crippen LogP contribution in [0.1, 0.15) is 87.1 Å². The summed E-state index contributed by atoms with van der Waals surface area (Å²) in [6, 6.07) is 30.7. The Morgan fingerprint density at radius 1 is 0.364 bits per heavy atom. The van der Waals surface area contributed by atoms with Crippen molar-refractivity contribution < 1.29 is 68.1 Å². The van der Waals surface area contributed by atoms with Crippen LogP contribution in [0, 0.1) is 0 Å². The van der Waals surface area contributed by atoms with E-state index in [4.69, 9.17) is 98.0 Å². The second kappa shape index (κ2) is 47.7. The highest BCUT2D eigenvalue weighted by molar-refractivity contribution is 7.90. The maximum atomic E-state index is 13.4. The van der Waals surface area contributed by atoms with Crippen LogP contribution in [-0.2, 0) is 78.1 Å². The minimum atomic E-state index is -3.85. The molecule has 6 N–H and O–H groups in total. The lowest BCUT2D eigenvalue weighted by atomic mass is 9.85. The number of urea groups is 3. The van der Waals surface area contributed by atoms with Gasteiger partial charge in [-0.15, -0.1) is 0 Å². The van der Waals surface area contributed by atoms with E-state index in [2.05, 4.69) is 49.7 Å². The summed E-state index contributed by atoms with van der Waals surface area (Å²) in [5.74, 6) is -0.374. The zero-order valence-electron chi connectivity index (χ0n) is 67.7. The Bertz CT molecular complexity index is 4200. The van der Waals surface area contributed by atoms with Gasteiger partial charge >= 0.3 is 18.1 Å². The molecule has 0 saturated heterocycles. The van der Waals surface area contributed by atoms with Gasteiger partial charge in [-0.2, -0.15) is 0 Å². The normalized spacial score (nSPS) is 16.0. The Morgan fingerprint density at radius 3 is 0.898 bits per heavy atom. The SMILES string of the molecule is CN1Cc2c(Cl)cc(Cl)cc2[C@H](c2cccc(S(=O)(=O)NCCOCCOCCN(C)C(=O)NCCCN(CCCNC(=O)N(C)CCOCCOCCNS(=O)(=O)c3cccc([C@@H]4CN(C)Cc5c(Cl)cc(Cl)cc54)c3)CCCNC(=O)N(C)CCOCCOCCNS(=O)(=O)c3cccc([C@@H]4CN(C)Cc5c(Cl)cc(Cl)cc54)c3)c2)C1. The molecule has 28 nitrogen and oxygen atoms in total. The molecule has 37 heteroatoms. The van der Waals surface area contributed by atoms with Gasteiger partial charge < -0.3 is 78.7 Å². The lowest BCUT2D eigenvalue weighted by molar-refractivity contribution is 0.0452. The van der Waals surface area contributed by atoms with E-state index < -0.39 is 30.1 Å². The van der Waals surface area contributed by atoms with Crippen LogP contribution in [0.5, 0.6) is 0 Å². The minimum Gasteiger partial charge on any atom is -0.378 e. The van der Waals surface area contributed by atoms with Gasteiger partial charge in [-0.05, 0) is 183 Å². The van der Waals surface area contributed by atoms with Crippen molar-refractivity contribution in [1.82, 2.24) is 64.4 Å². The number of rotatable bonds is 48. The third-order valence-corrected chi connectivity index (χ3v) is 26.5. The third kappa shape index (κ3) is 29.7. The summed E-state index contributed by atoms with van der Waals surface area (Å²) in [6.07, 6.45) is 1.84. The number of benzene rings is 6. The van der Waals surface area contributed by atoms with Gasteiger partial charge in [-0.3, -0.25) is 0 Å². The molecule has 0 radical (unpaired) electrons. The molecule has 0 aliphatic carbocycles. The van der Waals surface area contributed by atoms with Crippen molar-refractivity contribution >= 4 is 118 Å². The van der Waals surface area contributed by atoms with Gasteiger partial charge in [-0.25, -0.2) is 53.8 Å². The van der Waals surface area contributed by atoms with Crippen molar-refractivity contribution in [2.75, 3.05) is 220 Å². The molecule has 3 heterocycles. The number of amides is 6. The van der Waals surface area contributed by atoms with Crippen LogP contribution < -0.4 is 30.1 Å². The molecule has 0 unspecified atom stereocenters. The number of nitrogens with one attached hydrogen (secondary N) is 6. The van der Waals surface area contributed by atoms with Crippen LogP contribution in [-0.4, -0.2) is 297 Å². The Kier molecular flexibility index (Phi) is 38.8. The number of likely N-dealkylation sites (N-methyl/N-ethyl adjacent to an activating group) is 6. The Labute approximate surface area is 725 Å². The van der Waals surface area contributed by atoms with E-state index in [9.17, 15) is 39.6 Å². The first-order valence-electron chi connectivity index (χ1n) is 39.4. The average molecular weight is 1820 g/mol. The lowest BCUT2D eigenvalue weighted by Crippen LogP contribution is -2.42. The van der Waals surface area contributed by atoms with E-state index in [0.717, 1.165) is 50.1 Å². The van der Waals surface area contributed by atoms with E-state index in [1.54, 1.807) is 93.9 Å². The molecule has 0 aromatic heterocycles. The summed E-state index contributed by atoms with van der Waals surface area (Å²) >= 11 is 38.9. The van der Waals surface area contributed by atoms with Crippen molar-refractivity contribution in [2.45, 2.75) is 71.3 Å². The molecule has 6 amide bonds. The zero-order chi connectivity index (χ0) is 84.9. The number of sulfonamides is 3. The highest BCUT2D eigenvalue weighted by atomic mass is 35.5. The van der Waals surface area contributed by atoms with Gasteiger partial charge in [0.15, 0.2) is 0 Å².